The Balaban J connectivity index is 0. The molecule has 8 nitrogen and oxygen atoms in total. The zero-order valence-electron chi connectivity index (χ0n) is 9.94. The van der Waals surface area contributed by atoms with Crippen LogP contribution in [0.4, 0.5) is 0 Å². The van der Waals surface area contributed by atoms with Gasteiger partial charge in [0.05, 0.1) is 0 Å². The van der Waals surface area contributed by atoms with Crippen LogP contribution in [-0.4, -0.2) is 29.4 Å². The van der Waals surface area contributed by atoms with E-state index in [2.05, 4.69) is 18.2 Å². The highest BCUT2D eigenvalue weighted by Crippen LogP contribution is 2.26. The van der Waals surface area contributed by atoms with Crippen LogP contribution in [0.1, 0.15) is 12.5 Å². The van der Waals surface area contributed by atoms with Gasteiger partial charge in [0.15, 0.2) is 0 Å². The van der Waals surface area contributed by atoms with Gasteiger partial charge in [-0.05, 0) is 12.5 Å². The van der Waals surface area contributed by atoms with E-state index in [1.54, 1.807) is 0 Å². The largest absolute Gasteiger partial charge is 0.466 e. The third kappa shape index (κ3) is 38.2. The fourth-order valence-electron chi connectivity index (χ4n) is 0.757. The first-order chi connectivity index (χ1) is 8.43. The SMILES string of the molecule is CC=Cc1ccccc1.O=P(O)(O)O.O=P(O)(O)O. The van der Waals surface area contributed by atoms with Crippen LogP contribution in [0.3, 0.4) is 0 Å². The molecule has 0 atom stereocenters. The van der Waals surface area contributed by atoms with Gasteiger partial charge in [0.2, 0.25) is 0 Å². The maximum absolute atomic E-state index is 8.88. The summed E-state index contributed by atoms with van der Waals surface area (Å²) in [4.78, 5) is 43.1. The molecule has 0 aliphatic heterocycles. The first-order valence-electron chi connectivity index (χ1n) is 4.68. The summed E-state index contributed by atoms with van der Waals surface area (Å²) in [6, 6.07) is 10.3. The Bertz CT molecular complexity index is 410. The lowest BCUT2D eigenvalue weighted by Crippen LogP contribution is -1.66. The van der Waals surface area contributed by atoms with Crippen molar-refractivity contribution in [2.75, 3.05) is 0 Å². The van der Waals surface area contributed by atoms with E-state index in [1.165, 1.54) is 5.56 Å². The van der Waals surface area contributed by atoms with Crippen LogP contribution in [0.25, 0.3) is 6.08 Å². The van der Waals surface area contributed by atoms with Crippen molar-refractivity contribution in [2.45, 2.75) is 6.92 Å². The second-order valence-corrected chi connectivity index (χ2v) is 4.99. The minimum absolute atomic E-state index is 1.26. The predicted octanol–water partition coefficient (Wildman–Crippen LogP) is 0.863. The van der Waals surface area contributed by atoms with Crippen molar-refractivity contribution in [3.63, 3.8) is 0 Å². The highest BCUT2D eigenvalue weighted by Gasteiger charge is 2.00. The van der Waals surface area contributed by atoms with Gasteiger partial charge in [0.25, 0.3) is 0 Å². The normalized spacial score (nSPS) is 11.1. The minimum atomic E-state index is -4.64. The fraction of sp³-hybridized carbons (Fsp3) is 0.111. The van der Waals surface area contributed by atoms with Crippen molar-refractivity contribution in [2.24, 2.45) is 0 Å². The van der Waals surface area contributed by atoms with Gasteiger partial charge < -0.3 is 29.4 Å². The Labute approximate surface area is 110 Å². The van der Waals surface area contributed by atoms with Crippen molar-refractivity contribution in [3.8, 4) is 0 Å². The third-order valence-corrected chi connectivity index (χ3v) is 1.16. The summed E-state index contributed by atoms with van der Waals surface area (Å²) in [5, 5.41) is 0. The van der Waals surface area contributed by atoms with Gasteiger partial charge in [0.1, 0.15) is 0 Å². The summed E-state index contributed by atoms with van der Waals surface area (Å²) >= 11 is 0. The lowest BCUT2D eigenvalue weighted by Gasteiger charge is -1.86. The maximum Gasteiger partial charge on any atom is 0.466 e. The van der Waals surface area contributed by atoms with E-state index in [-0.39, 0.29) is 0 Å². The number of allylic oxidation sites excluding steroid dienone is 1. The summed E-state index contributed by atoms with van der Waals surface area (Å²) in [5.41, 5.74) is 1.26. The highest BCUT2D eigenvalue weighted by molar-refractivity contribution is 7.45. The molecule has 0 amide bonds. The quantitative estimate of drug-likeness (QED) is 0.417. The van der Waals surface area contributed by atoms with Gasteiger partial charge >= 0.3 is 15.6 Å². The standard InChI is InChI=1S/C9H10.2H3O4P/c1-2-6-9-7-4-3-5-8-9;2*1-5(2,3)4/h2-8H,1H3;2*(H3,1,2,3,4). The van der Waals surface area contributed by atoms with Gasteiger partial charge in [-0.15, -0.1) is 0 Å². The van der Waals surface area contributed by atoms with E-state index < -0.39 is 15.6 Å². The molecule has 0 radical (unpaired) electrons. The van der Waals surface area contributed by atoms with Gasteiger partial charge in [-0.3, -0.25) is 0 Å². The smallest absolute Gasteiger partial charge is 0.303 e. The molecule has 6 N–H and O–H groups in total. The maximum atomic E-state index is 8.88. The van der Waals surface area contributed by atoms with Crippen LogP contribution in [0.15, 0.2) is 36.4 Å². The summed E-state index contributed by atoms with van der Waals surface area (Å²) in [6.07, 6.45) is 4.12. The summed E-state index contributed by atoms with van der Waals surface area (Å²) in [6.45, 7) is 2.02. The summed E-state index contributed by atoms with van der Waals surface area (Å²) < 4.78 is 17.8. The average molecular weight is 314 g/mol. The number of phosphoric acid groups is 2. The zero-order valence-corrected chi connectivity index (χ0v) is 11.7. The third-order valence-electron chi connectivity index (χ3n) is 1.16. The molecule has 19 heavy (non-hydrogen) atoms. The van der Waals surface area contributed by atoms with Gasteiger partial charge in [0, 0.05) is 0 Å². The molecule has 0 saturated carbocycles. The van der Waals surface area contributed by atoms with Crippen molar-refractivity contribution in [1.82, 2.24) is 0 Å². The second kappa shape index (κ2) is 10.0. The molecule has 1 aromatic carbocycles. The van der Waals surface area contributed by atoms with Crippen LogP contribution in [0, 0.1) is 0 Å². The molecule has 1 aromatic rings. The Kier molecular flexibility index (Phi) is 10.8. The van der Waals surface area contributed by atoms with Crippen LogP contribution in [-0.2, 0) is 9.13 Å². The molecule has 0 aliphatic carbocycles. The molecule has 0 bridgehead atoms. The van der Waals surface area contributed by atoms with E-state index in [1.807, 2.05) is 31.2 Å². The Morgan fingerprint density at radius 1 is 0.842 bits per heavy atom. The second-order valence-electron chi connectivity index (χ2n) is 2.94. The highest BCUT2D eigenvalue weighted by atomic mass is 31.2. The lowest BCUT2D eigenvalue weighted by molar-refractivity contribution is 0.272. The molecular weight excluding hydrogens is 298 g/mol. The molecule has 0 unspecified atom stereocenters. The summed E-state index contributed by atoms with van der Waals surface area (Å²) in [7, 11) is -9.28. The zero-order chi connectivity index (χ0) is 15.5. The van der Waals surface area contributed by atoms with Crippen LogP contribution >= 0.6 is 15.6 Å². The van der Waals surface area contributed by atoms with Gasteiger partial charge in [-0.25, -0.2) is 9.13 Å². The van der Waals surface area contributed by atoms with Crippen molar-refractivity contribution >= 4 is 21.7 Å². The number of hydrogen-bond acceptors (Lipinski definition) is 2. The van der Waals surface area contributed by atoms with Crippen LogP contribution < -0.4 is 0 Å². The Morgan fingerprint density at radius 3 is 1.42 bits per heavy atom. The van der Waals surface area contributed by atoms with Crippen LogP contribution in [0.2, 0.25) is 0 Å². The lowest BCUT2D eigenvalue weighted by atomic mass is 10.2. The topological polar surface area (TPSA) is 156 Å². The van der Waals surface area contributed by atoms with Crippen molar-refractivity contribution in [1.29, 1.82) is 0 Å². The monoisotopic (exact) mass is 314 g/mol. The molecule has 1 rings (SSSR count). The molecule has 0 heterocycles. The Morgan fingerprint density at radius 2 is 1.16 bits per heavy atom. The van der Waals surface area contributed by atoms with Crippen LogP contribution in [0.5, 0.6) is 0 Å². The molecule has 0 saturated heterocycles. The number of benzene rings is 1. The molecular formula is C9H16O8P2. The molecule has 0 fully saturated rings. The molecule has 0 spiro atoms. The summed E-state index contributed by atoms with van der Waals surface area (Å²) in [5.74, 6) is 0. The predicted molar refractivity (Wildman–Crippen MR) is 69.7 cm³/mol. The van der Waals surface area contributed by atoms with E-state index in [9.17, 15) is 0 Å². The first-order valence-corrected chi connectivity index (χ1v) is 7.81. The first kappa shape index (κ1) is 20.5. The molecule has 0 aliphatic rings. The van der Waals surface area contributed by atoms with Gasteiger partial charge in [-0.1, -0.05) is 42.5 Å². The minimum Gasteiger partial charge on any atom is -0.303 e. The number of rotatable bonds is 1. The van der Waals surface area contributed by atoms with E-state index >= 15 is 0 Å². The van der Waals surface area contributed by atoms with Crippen molar-refractivity contribution in [3.05, 3.63) is 42.0 Å². The molecule has 110 valence electrons. The van der Waals surface area contributed by atoms with E-state index in [4.69, 9.17) is 38.5 Å². The van der Waals surface area contributed by atoms with Gasteiger partial charge in [-0.2, -0.15) is 0 Å². The van der Waals surface area contributed by atoms with Crippen molar-refractivity contribution < 1.29 is 38.5 Å². The number of hydrogen-bond donors (Lipinski definition) is 6. The fourth-order valence-corrected chi connectivity index (χ4v) is 0.757. The van der Waals surface area contributed by atoms with E-state index in [0.29, 0.717) is 0 Å². The molecule has 0 aromatic heterocycles. The molecule has 10 heteroatoms. The Hall–Kier alpha value is -0.820. The van der Waals surface area contributed by atoms with E-state index in [0.717, 1.165) is 0 Å². The average Bonchev–Trinajstić information content (AvgIpc) is 2.14.